The van der Waals surface area contributed by atoms with Crippen LogP contribution < -0.4 is 4.74 Å². The Labute approximate surface area is 160 Å². The molecule has 0 bridgehead atoms. The highest BCUT2D eigenvalue weighted by molar-refractivity contribution is 7.89. The van der Waals surface area contributed by atoms with E-state index in [9.17, 15) is 18.3 Å². The molecule has 1 N–H and O–H groups in total. The molecule has 0 unspecified atom stereocenters. The normalized spacial score (nSPS) is 15.8. The molecule has 0 spiro atoms. The van der Waals surface area contributed by atoms with Gasteiger partial charge in [-0.2, -0.15) is 4.31 Å². The number of pyridine rings is 1. The Hall–Kier alpha value is -1.13. The van der Waals surface area contributed by atoms with E-state index in [1.165, 1.54) is 4.31 Å². The Bertz CT molecular complexity index is 679. The molecular formula is C14H23Cl2N3O5S. The number of nitrogens with zero attached hydrogens (tertiary/aromatic N) is 3. The molecule has 25 heavy (non-hydrogen) atoms. The van der Waals surface area contributed by atoms with Gasteiger partial charge in [0.15, 0.2) is 0 Å². The number of carboxylic acid groups (broad SMARTS) is 1. The predicted molar refractivity (Wildman–Crippen MR) is 97.7 cm³/mol. The maximum atomic E-state index is 12.7. The van der Waals surface area contributed by atoms with Crippen molar-refractivity contribution < 1.29 is 23.1 Å². The number of sulfonamides is 1. The summed E-state index contributed by atoms with van der Waals surface area (Å²) in [5, 5.41) is 9.22. The highest BCUT2D eigenvalue weighted by atomic mass is 35.5. The minimum Gasteiger partial charge on any atom is -0.477 e. The number of carbonyl (C=O) groups is 1. The highest BCUT2D eigenvalue weighted by Gasteiger charge is 2.29. The van der Waals surface area contributed by atoms with E-state index >= 15 is 0 Å². The van der Waals surface area contributed by atoms with Crippen LogP contribution in [0.2, 0.25) is 0 Å². The number of ether oxygens (including phenoxy) is 1. The van der Waals surface area contributed by atoms with Gasteiger partial charge in [0.05, 0.1) is 12.8 Å². The van der Waals surface area contributed by atoms with Gasteiger partial charge >= 0.3 is 5.97 Å². The number of hydrogen-bond donors (Lipinski definition) is 1. The SMILES string of the molecule is CCOc1ncc(S(=O)(=O)N2CCN(CC)CC2)cc1C(=O)O.Cl.Cl. The van der Waals surface area contributed by atoms with Gasteiger partial charge in [0, 0.05) is 26.2 Å². The summed E-state index contributed by atoms with van der Waals surface area (Å²) in [7, 11) is -3.76. The number of likely N-dealkylation sites (N-methyl/N-ethyl adjacent to an activating group) is 1. The van der Waals surface area contributed by atoms with Gasteiger partial charge in [-0.15, -0.1) is 24.8 Å². The molecular weight excluding hydrogens is 393 g/mol. The van der Waals surface area contributed by atoms with Gasteiger partial charge in [-0.3, -0.25) is 0 Å². The molecule has 1 fully saturated rings. The molecule has 0 aromatic carbocycles. The molecule has 11 heteroatoms. The Balaban J connectivity index is 0.00000288. The summed E-state index contributed by atoms with van der Waals surface area (Å²) in [4.78, 5) is 17.2. The first-order valence-electron chi connectivity index (χ1n) is 7.48. The van der Waals surface area contributed by atoms with E-state index < -0.39 is 16.0 Å². The fraction of sp³-hybridized carbons (Fsp3) is 0.571. The van der Waals surface area contributed by atoms with Crippen LogP contribution in [-0.4, -0.2) is 73.0 Å². The number of rotatable bonds is 6. The second-order valence-electron chi connectivity index (χ2n) is 5.10. The second kappa shape index (κ2) is 10.1. The van der Waals surface area contributed by atoms with E-state index in [0.717, 1.165) is 18.8 Å². The lowest BCUT2D eigenvalue weighted by Crippen LogP contribution is -2.48. The maximum absolute atomic E-state index is 12.7. The summed E-state index contributed by atoms with van der Waals surface area (Å²) in [5.74, 6) is -1.34. The highest BCUT2D eigenvalue weighted by Crippen LogP contribution is 2.23. The molecule has 1 aliphatic heterocycles. The molecule has 8 nitrogen and oxygen atoms in total. The summed E-state index contributed by atoms with van der Waals surface area (Å²) in [6, 6.07) is 1.11. The van der Waals surface area contributed by atoms with Crippen LogP contribution in [0.1, 0.15) is 24.2 Å². The lowest BCUT2D eigenvalue weighted by Gasteiger charge is -2.33. The summed E-state index contributed by atoms with van der Waals surface area (Å²) in [6.45, 7) is 6.93. The Kier molecular flexibility index (Phi) is 9.67. The summed E-state index contributed by atoms with van der Waals surface area (Å²) >= 11 is 0. The first-order valence-corrected chi connectivity index (χ1v) is 8.92. The number of piperazine rings is 1. The molecule has 0 atom stereocenters. The van der Waals surface area contributed by atoms with Crippen molar-refractivity contribution in [2.45, 2.75) is 18.7 Å². The minimum atomic E-state index is -3.76. The molecule has 1 aliphatic rings. The standard InChI is InChI=1S/C14H21N3O5S.2ClH/c1-3-16-5-7-17(8-6-16)23(20,21)11-9-12(14(18)19)13(15-10-11)22-4-2;;/h9-10H,3-8H2,1-2H3,(H,18,19);2*1H. The van der Waals surface area contributed by atoms with Gasteiger partial charge < -0.3 is 14.7 Å². The van der Waals surface area contributed by atoms with E-state index in [2.05, 4.69) is 9.88 Å². The lowest BCUT2D eigenvalue weighted by molar-refractivity contribution is 0.0691. The van der Waals surface area contributed by atoms with Crippen LogP contribution in [-0.2, 0) is 10.0 Å². The molecule has 0 saturated carbocycles. The third kappa shape index (κ3) is 5.42. The molecule has 1 saturated heterocycles. The number of hydrogen-bond acceptors (Lipinski definition) is 6. The van der Waals surface area contributed by atoms with E-state index in [1.54, 1.807) is 6.92 Å². The van der Waals surface area contributed by atoms with Gasteiger partial charge in [0.2, 0.25) is 15.9 Å². The van der Waals surface area contributed by atoms with Crippen molar-refractivity contribution in [2.24, 2.45) is 0 Å². The largest absolute Gasteiger partial charge is 0.477 e. The minimum absolute atomic E-state index is 0. The monoisotopic (exact) mass is 415 g/mol. The Morgan fingerprint density at radius 3 is 2.32 bits per heavy atom. The van der Waals surface area contributed by atoms with Gasteiger partial charge in [-0.05, 0) is 19.5 Å². The molecule has 2 rings (SSSR count). The molecule has 0 aliphatic carbocycles. The molecule has 1 aromatic rings. The van der Waals surface area contributed by atoms with E-state index in [-0.39, 0.29) is 47.8 Å². The summed E-state index contributed by atoms with van der Waals surface area (Å²) < 4.78 is 31.8. The topological polar surface area (TPSA) is 100 Å². The zero-order valence-corrected chi connectivity index (χ0v) is 16.5. The molecule has 144 valence electrons. The zero-order valence-electron chi connectivity index (χ0n) is 14.0. The van der Waals surface area contributed by atoms with Crippen molar-refractivity contribution in [2.75, 3.05) is 39.3 Å². The average Bonchev–Trinajstić information content (AvgIpc) is 2.55. The van der Waals surface area contributed by atoms with Crippen LogP contribution in [0, 0.1) is 0 Å². The maximum Gasteiger partial charge on any atom is 0.341 e. The number of aromatic carboxylic acids is 1. The van der Waals surface area contributed by atoms with Crippen molar-refractivity contribution in [1.82, 2.24) is 14.2 Å². The van der Waals surface area contributed by atoms with Crippen LogP contribution in [0.25, 0.3) is 0 Å². The predicted octanol–water partition coefficient (Wildman–Crippen LogP) is 1.35. The fourth-order valence-corrected chi connectivity index (χ4v) is 3.81. The summed E-state index contributed by atoms with van der Waals surface area (Å²) in [6.07, 6.45) is 1.15. The third-order valence-corrected chi connectivity index (χ3v) is 5.62. The van der Waals surface area contributed by atoms with E-state index in [1.807, 2.05) is 6.92 Å². The van der Waals surface area contributed by atoms with Crippen LogP contribution >= 0.6 is 24.8 Å². The Morgan fingerprint density at radius 1 is 1.24 bits per heavy atom. The Morgan fingerprint density at radius 2 is 1.84 bits per heavy atom. The molecule has 2 heterocycles. The van der Waals surface area contributed by atoms with Crippen molar-refractivity contribution in [1.29, 1.82) is 0 Å². The number of halogens is 2. The molecule has 0 radical (unpaired) electrons. The zero-order chi connectivity index (χ0) is 17.0. The van der Waals surface area contributed by atoms with Gasteiger partial charge in [0.1, 0.15) is 10.5 Å². The van der Waals surface area contributed by atoms with E-state index in [4.69, 9.17) is 4.74 Å². The van der Waals surface area contributed by atoms with Crippen LogP contribution in [0.3, 0.4) is 0 Å². The summed E-state index contributed by atoms with van der Waals surface area (Å²) in [5.41, 5.74) is -0.250. The van der Waals surface area contributed by atoms with Crippen molar-refractivity contribution >= 4 is 40.8 Å². The fourth-order valence-electron chi connectivity index (χ4n) is 2.41. The van der Waals surface area contributed by atoms with Crippen molar-refractivity contribution in [3.05, 3.63) is 17.8 Å². The smallest absolute Gasteiger partial charge is 0.341 e. The third-order valence-electron chi connectivity index (χ3n) is 3.75. The van der Waals surface area contributed by atoms with Crippen molar-refractivity contribution in [3.63, 3.8) is 0 Å². The van der Waals surface area contributed by atoms with Gasteiger partial charge in [0.25, 0.3) is 0 Å². The van der Waals surface area contributed by atoms with Gasteiger partial charge in [-0.25, -0.2) is 18.2 Å². The number of carboxylic acids is 1. The van der Waals surface area contributed by atoms with Crippen LogP contribution in [0.15, 0.2) is 17.2 Å². The van der Waals surface area contributed by atoms with Crippen molar-refractivity contribution in [3.8, 4) is 5.88 Å². The quantitative estimate of drug-likeness (QED) is 0.747. The van der Waals surface area contributed by atoms with Crippen LogP contribution in [0.5, 0.6) is 5.88 Å². The second-order valence-corrected chi connectivity index (χ2v) is 7.04. The van der Waals surface area contributed by atoms with Gasteiger partial charge in [-0.1, -0.05) is 6.92 Å². The first-order chi connectivity index (χ1) is 10.9. The molecule has 1 aromatic heterocycles. The number of aromatic nitrogens is 1. The van der Waals surface area contributed by atoms with E-state index in [0.29, 0.717) is 26.2 Å². The first kappa shape index (κ1) is 23.9. The molecule has 0 amide bonds. The lowest BCUT2D eigenvalue weighted by atomic mass is 10.3. The average molecular weight is 416 g/mol. The van der Waals surface area contributed by atoms with Crippen LogP contribution in [0.4, 0.5) is 0 Å².